The molecule has 1 N–H and O–H groups in total. The van der Waals surface area contributed by atoms with Gasteiger partial charge < -0.3 is 5.32 Å². The number of nitrogens with one attached hydrogen (secondary N) is 1. The molecule has 0 saturated carbocycles. The lowest BCUT2D eigenvalue weighted by molar-refractivity contribution is 0.531. The van der Waals surface area contributed by atoms with Gasteiger partial charge in [0, 0.05) is 28.6 Å². The summed E-state index contributed by atoms with van der Waals surface area (Å²) < 4.78 is 0. The van der Waals surface area contributed by atoms with Gasteiger partial charge in [0.25, 0.3) is 0 Å². The summed E-state index contributed by atoms with van der Waals surface area (Å²) in [6.45, 7) is 2.39. The lowest BCUT2D eigenvalue weighted by Gasteiger charge is -2.21. The highest BCUT2D eigenvalue weighted by molar-refractivity contribution is 7.99. The smallest absolute Gasteiger partial charge is 0.0794 e. The molecule has 1 saturated heterocycles. The first-order chi connectivity index (χ1) is 6.45. The summed E-state index contributed by atoms with van der Waals surface area (Å²) in [6, 6.07) is 0. The molecular weight excluding hydrogens is 200 g/mol. The van der Waals surface area contributed by atoms with E-state index in [1.807, 2.05) is 11.7 Å². The fourth-order valence-corrected chi connectivity index (χ4v) is 3.37. The minimum atomic E-state index is 0.816. The molecule has 1 aromatic heterocycles. The average Bonchev–Trinajstić information content (AvgIpc) is 2.69. The van der Waals surface area contributed by atoms with E-state index in [-0.39, 0.29) is 0 Å². The van der Waals surface area contributed by atoms with Gasteiger partial charge in [0.05, 0.1) is 5.51 Å². The van der Waals surface area contributed by atoms with Crippen LogP contribution in [0.2, 0.25) is 0 Å². The van der Waals surface area contributed by atoms with Crippen LogP contribution >= 0.6 is 23.1 Å². The molecule has 0 radical (unpaired) electrons. The highest BCUT2D eigenvalue weighted by Crippen LogP contribution is 2.23. The van der Waals surface area contributed by atoms with E-state index in [2.05, 4.69) is 22.1 Å². The molecule has 1 aromatic rings. The Morgan fingerprint density at radius 2 is 2.69 bits per heavy atom. The summed E-state index contributed by atoms with van der Waals surface area (Å²) in [6.07, 6.45) is 4.69. The largest absolute Gasteiger partial charge is 0.316 e. The Hall–Kier alpha value is -0.0600. The van der Waals surface area contributed by atoms with Crippen molar-refractivity contribution in [1.29, 1.82) is 0 Å². The Labute approximate surface area is 87.1 Å². The molecule has 2 heterocycles. The van der Waals surface area contributed by atoms with Crippen molar-refractivity contribution in [2.45, 2.75) is 23.8 Å². The van der Waals surface area contributed by atoms with Crippen LogP contribution in [0, 0.1) is 0 Å². The number of nitrogens with zero attached hydrogens (tertiary/aromatic N) is 1. The van der Waals surface area contributed by atoms with Crippen molar-refractivity contribution in [1.82, 2.24) is 10.3 Å². The second-order valence-electron chi connectivity index (χ2n) is 3.25. The predicted octanol–water partition coefficient (Wildman–Crippen LogP) is 2.13. The third-order valence-corrected chi connectivity index (χ3v) is 4.51. The zero-order valence-corrected chi connectivity index (χ0v) is 9.16. The predicted molar refractivity (Wildman–Crippen MR) is 59.3 cm³/mol. The molecule has 0 aromatic carbocycles. The van der Waals surface area contributed by atoms with Gasteiger partial charge in [-0.2, -0.15) is 11.8 Å². The van der Waals surface area contributed by atoms with Crippen LogP contribution in [0.3, 0.4) is 0 Å². The molecule has 0 spiro atoms. The first-order valence-corrected chi connectivity index (χ1v) is 6.57. The Balaban J connectivity index is 1.72. The molecule has 2 nitrogen and oxygen atoms in total. The van der Waals surface area contributed by atoms with Gasteiger partial charge in [-0.15, -0.1) is 11.3 Å². The summed E-state index contributed by atoms with van der Waals surface area (Å²) in [4.78, 5) is 5.47. The molecule has 1 fully saturated rings. The molecule has 0 aliphatic carbocycles. The van der Waals surface area contributed by atoms with Gasteiger partial charge in [-0.25, -0.2) is 0 Å². The van der Waals surface area contributed by atoms with Crippen molar-refractivity contribution in [3.05, 3.63) is 16.6 Å². The maximum Gasteiger partial charge on any atom is 0.0794 e. The van der Waals surface area contributed by atoms with E-state index < -0.39 is 0 Å². The van der Waals surface area contributed by atoms with Crippen molar-refractivity contribution in [3.63, 3.8) is 0 Å². The van der Waals surface area contributed by atoms with E-state index in [1.54, 1.807) is 11.3 Å². The minimum absolute atomic E-state index is 0.816. The maximum absolute atomic E-state index is 4.08. The van der Waals surface area contributed by atoms with Crippen LogP contribution in [0.4, 0.5) is 0 Å². The average molecular weight is 214 g/mol. The normalized spacial score (nSPS) is 23.2. The monoisotopic (exact) mass is 214 g/mol. The zero-order valence-electron chi connectivity index (χ0n) is 7.53. The van der Waals surface area contributed by atoms with Gasteiger partial charge in [-0.05, 0) is 19.4 Å². The van der Waals surface area contributed by atoms with Gasteiger partial charge in [0.1, 0.15) is 0 Å². The van der Waals surface area contributed by atoms with Crippen LogP contribution < -0.4 is 5.32 Å². The standard InChI is InChI=1S/C9H14N2S2/c1-2-8(4-10-3-1)12-6-9-5-11-7-13-9/h5,7-8,10H,1-4,6H2. The topological polar surface area (TPSA) is 24.9 Å². The molecule has 4 heteroatoms. The first kappa shape index (κ1) is 9.49. The van der Waals surface area contributed by atoms with Crippen LogP contribution in [-0.2, 0) is 5.75 Å². The maximum atomic E-state index is 4.08. The van der Waals surface area contributed by atoms with E-state index in [1.165, 1.54) is 30.8 Å². The molecule has 0 amide bonds. The van der Waals surface area contributed by atoms with Gasteiger partial charge >= 0.3 is 0 Å². The number of thiazole rings is 1. The van der Waals surface area contributed by atoms with Crippen molar-refractivity contribution < 1.29 is 0 Å². The third-order valence-electron chi connectivity index (χ3n) is 2.20. The highest BCUT2D eigenvalue weighted by atomic mass is 32.2. The van der Waals surface area contributed by atoms with Crippen LogP contribution in [0.15, 0.2) is 11.7 Å². The quantitative estimate of drug-likeness (QED) is 0.834. The van der Waals surface area contributed by atoms with Crippen molar-refractivity contribution in [2.75, 3.05) is 13.1 Å². The third kappa shape index (κ3) is 2.97. The molecule has 13 heavy (non-hydrogen) atoms. The minimum Gasteiger partial charge on any atom is -0.316 e. The van der Waals surface area contributed by atoms with E-state index in [0.29, 0.717) is 0 Å². The molecule has 0 bridgehead atoms. The van der Waals surface area contributed by atoms with Crippen molar-refractivity contribution in [2.24, 2.45) is 0 Å². The van der Waals surface area contributed by atoms with Crippen LogP contribution in [0.25, 0.3) is 0 Å². The fraction of sp³-hybridized carbons (Fsp3) is 0.667. The SMILES string of the molecule is c1ncc(CSC2CCCNC2)s1. The second-order valence-corrected chi connectivity index (χ2v) is 5.51. The number of hydrogen-bond acceptors (Lipinski definition) is 4. The molecule has 1 aliphatic heterocycles. The van der Waals surface area contributed by atoms with Crippen molar-refractivity contribution in [3.8, 4) is 0 Å². The molecule has 1 atom stereocenters. The van der Waals surface area contributed by atoms with Gasteiger partial charge in [0.2, 0.25) is 0 Å². The second kappa shape index (κ2) is 4.98. The van der Waals surface area contributed by atoms with E-state index in [4.69, 9.17) is 0 Å². The van der Waals surface area contributed by atoms with Crippen LogP contribution in [0.5, 0.6) is 0 Å². The lowest BCUT2D eigenvalue weighted by Crippen LogP contribution is -2.31. The van der Waals surface area contributed by atoms with Gasteiger partial charge in [0.15, 0.2) is 0 Å². The van der Waals surface area contributed by atoms with E-state index in [9.17, 15) is 0 Å². The summed E-state index contributed by atoms with van der Waals surface area (Å²) in [5.74, 6) is 1.14. The number of hydrogen-bond donors (Lipinski definition) is 1. The molecule has 1 unspecified atom stereocenters. The number of aromatic nitrogens is 1. The molecule has 2 rings (SSSR count). The summed E-state index contributed by atoms with van der Waals surface area (Å²) in [5, 5.41) is 4.25. The summed E-state index contributed by atoms with van der Waals surface area (Å²) in [7, 11) is 0. The van der Waals surface area contributed by atoms with Gasteiger partial charge in [-0.1, -0.05) is 0 Å². The van der Waals surface area contributed by atoms with E-state index in [0.717, 1.165) is 11.0 Å². The Morgan fingerprint density at radius 1 is 1.69 bits per heavy atom. The lowest BCUT2D eigenvalue weighted by atomic mass is 10.2. The highest BCUT2D eigenvalue weighted by Gasteiger charge is 2.13. The fourth-order valence-electron chi connectivity index (χ4n) is 1.48. The Bertz CT molecular complexity index is 230. The molecule has 1 aliphatic rings. The number of piperidine rings is 1. The van der Waals surface area contributed by atoms with E-state index >= 15 is 0 Å². The number of thioether (sulfide) groups is 1. The molecular formula is C9H14N2S2. The van der Waals surface area contributed by atoms with Crippen LogP contribution in [-0.4, -0.2) is 23.3 Å². The van der Waals surface area contributed by atoms with Crippen molar-refractivity contribution >= 4 is 23.1 Å². The molecule has 72 valence electrons. The summed E-state index contributed by atoms with van der Waals surface area (Å²) >= 11 is 3.82. The van der Waals surface area contributed by atoms with Gasteiger partial charge in [-0.3, -0.25) is 4.98 Å². The zero-order chi connectivity index (χ0) is 8.93. The Kier molecular flexibility index (Phi) is 3.64. The summed E-state index contributed by atoms with van der Waals surface area (Å²) in [5.41, 5.74) is 1.91. The number of rotatable bonds is 3. The van der Waals surface area contributed by atoms with Crippen LogP contribution in [0.1, 0.15) is 17.7 Å². The first-order valence-electron chi connectivity index (χ1n) is 4.65. The Morgan fingerprint density at radius 3 is 3.38 bits per heavy atom.